The molecule has 2 saturated carbocycles. The quantitative estimate of drug-likeness (QED) is 0.133. The number of aryl methyl sites for hydroxylation is 2. The fraction of sp³-hybridized carbons (Fsp3) is 0.545. The van der Waals surface area contributed by atoms with Gasteiger partial charge in [-0.25, -0.2) is 27.5 Å². The van der Waals surface area contributed by atoms with Crippen molar-refractivity contribution in [2.24, 2.45) is 22.7 Å². The van der Waals surface area contributed by atoms with E-state index in [1.54, 1.807) is 0 Å². The lowest BCUT2D eigenvalue weighted by Gasteiger charge is -2.33. The molecule has 2 amide bonds. The van der Waals surface area contributed by atoms with Gasteiger partial charge in [-0.1, -0.05) is 84.0 Å². The molecule has 3 aliphatic carbocycles. The standard InChI is InChI=1S/C44H54F4N6O2/c1-41(2,3)35(53-39(55)27-15-19-43(45,46)20-16-27)37-49-24-33(51-37)26-9-7-25(8-10-26)29-11-13-31-30(23-29)12-14-32-34(31)52-38(50-32)36(42(4,5)6)54-40(56)28-17-21-44(47,48)22-18-28/h7-11,13,23-24,27-28,35-36H,12,14-22H2,1-6H3,(H,49,51)(H,50,52)(H,53,55)(H,54,56)/t35-,36-/m1/s1. The summed E-state index contributed by atoms with van der Waals surface area (Å²) in [6, 6.07) is 13.8. The molecular formula is C44H54F4N6O2. The largest absolute Gasteiger partial charge is 0.346 e. The highest BCUT2D eigenvalue weighted by Crippen LogP contribution is 2.42. The maximum absolute atomic E-state index is 13.8. The zero-order chi connectivity index (χ0) is 40.2. The number of fused-ring (bicyclic) bond motifs is 3. The van der Waals surface area contributed by atoms with Gasteiger partial charge >= 0.3 is 0 Å². The van der Waals surface area contributed by atoms with Crippen molar-refractivity contribution in [2.45, 2.75) is 130 Å². The van der Waals surface area contributed by atoms with Crippen molar-refractivity contribution in [2.75, 3.05) is 0 Å². The molecule has 3 aliphatic rings. The molecule has 0 unspecified atom stereocenters. The average molecular weight is 775 g/mol. The van der Waals surface area contributed by atoms with E-state index in [-0.39, 0.29) is 74.0 Å². The zero-order valence-corrected chi connectivity index (χ0v) is 33.2. The Kier molecular flexibility index (Phi) is 10.5. The van der Waals surface area contributed by atoms with Crippen LogP contribution < -0.4 is 10.6 Å². The Labute approximate surface area is 326 Å². The lowest BCUT2D eigenvalue weighted by Crippen LogP contribution is -2.42. The number of nitrogens with one attached hydrogen (secondary N) is 4. The summed E-state index contributed by atoms with van der Waals surface area (Å²) in [5.41, 5.74) is 7.22. The fourth-order valence-electron chi connectivity index (χ4n) is 8.43. The molecule has 2 atom stereocenters. The first-order valence-electron chi connectivity index (χ1n) is 20.0. The number of aromatic nitrogens is 4. The van der Waals surface area contributed by atoms with Gasteiger partial charge in [0.1, 0.15) is 11.6 Å². The first-order valence-corrected chi connectivity index (χ1v) is 20.0. The van der Waals surface area contributed by atoms with Gasteiger partial charge in [0.2, 0.25) is 23.7 Å². The number of alkyl halides is 4. The third-order valence-electron chi connectivity index (χ3n) is 11.9. The molecule has 2 fully saturated rings. The second-order valence-electron chi connectivity index (χ2n) is 18.4. The van der Waals surface area contributed by atoms with E-state index in [9.17, 15) is 27.2 Å². The number of H-pyrrole nitrogens is 2. The van der Waals surface area contributed by atoms with Crippen LogP contribution in [0.1, 0.15) is 128 Å². The van der Waals surface area contributed by atoms with E-state index in [1.807, 2.05) is 59.9 Å². The van der Waals surface area contributed by atoms with Crippen LogP contribution in [0.25, 0.3) is 33.6 Å². The average Bonchev–Trinajstić information content (AvgIpc) is 3.79. The van der Waals surface area contributed by atoms with Gasteiger partial charge in [0.05, 0.1) is 29.2 Å². The summed E-state index contributed by atoms with van der Waals surface area (Å²) in [4.78, 5) is 43.1. The predicted octanol–water partition coefficient (Wildman–Crippen LogP) is 10.3. The van der Waals surface area contributed by atoms with Gasteiger partial charge in [-0.2, -0.15) is 0 Å². The molecule has 0 saturated heterocycles. The van der Waals surface area contributed by atoms with Crippen LogP contribution in [0, 0.1) is 22.7 Å². The normalized spacial score (nSPS) is 19.8. The summed E-state index contributed by atoms with van der Waals surface area (Å²) in [6.45, 7) is 12.2. The number of carbonyl (C=O) groups excluding carboxylic acids is 2. The molecule has 0 aliphatic heterocycles. The minimum atomic E-state index is -2.69. The highest BCUT2D eigenvalue weighted by atomic mass is 19.3. The second kappa shape index (κ2) is 14.8. The van der Waals surface area contributed by atoms with Gasteiger partial charge in [0.15, 0.2) is 0 Å². The molecule has 12 heteroatoms. The van der Waals surface area contributed by atoms with E-state index in [2.05, 4.69) is 50.9 Å². The summed E-state index contributed by atoms with van der Waals surface area (Å²) in [5, 5.41) is 6.27. The molecule has 2 aromatic carbocycles. The molecule has 7 rings (SSSR count). The van der Waals surface area contributed by atoms with Crippen LogP contribution in [0.3, 0.4) is 0 Å². The van der Waals surface area contributed by atoms with E-state index in [0.717, 1.165) is 52.2 Å². The molecule has 8 nitrogen and oxygen atoms in total. The molecule has 0 radical (unpaired) electrons. The van der Waals surface area contributed by atoms with Crippen LogP contribution in [0.5, 0.6) is 0 Å². The minimum Gasteiger partial charge on any atom is -0.346 e. The molecule has 300 valence electrons. The number of rotatable bonds is 8. The van der Waals surface area contributed by atoms with Gasteiger partial charge in [-0.05, 0) is 66.0 Å². The van der Waals surface area contributed by atoms with Crippen molar-refractivity contribution in [3.05, 3.63) is 71.6 Å². The number of halogens is 4. The van der Waals surface area contributed by atoms with Gasteiger partial charge in [-0.15, -0.1) is 0 Å². The molecule has 56 heavy (non-hydrogen) atoms. The highest BCUT2D eigenvalue weighted by Gasteiger charge is 2.41. The number of imidazole rings is 2. The minimum absolute atomic E-state index is 0.177. The van der Waals surface area contributed by atoms with E-state index < -0.39 is 35.8 Å². The van der Waals surface area contributed by atoms with Gasteiger partial charge in [0.25, 0.3) is 0 Å². The van der Waals surface area contributed by atoms with Crippen molar-refractivity contribution in [1.82, 2.24) is 30.6 Å². The van der Waals surface area contributed by atoms with Crippen molar-refractivity contribution in [3.8, 4) is 33.6 Å². The molecule has 2 heterocycles. The van der Waals surface area contributed by atoms with Crippen LogP contribution in [0.4, 0.5) is 17.6 Å². The summed E-state index contributed by atoms with van der Waals surface area (Å²) in [7, 11) is 0. The molecular weight excluding hydrogens is 721 g/mol. The van der Waals surface area contributed by atoms with Crippen molar-refractivity contribution in [3.63, 3.8) is 0 Å². The number of hydrogen-bond acceptors (Lipinski definition) is 4. The first-order chi connectivity index (χ1) is 26.3. The van der Waals surface area contributed by atoms with Crippen LogP contribution in [0.2, 0.25) is 0 Å². The van der Waals surface area contributed by atoms with Crippen LogP contribution in [-0.2, 0) is 22.4 Å². The monoisotopic (exact) mass is 774 g/mol. The van der Waals surface area contributed by atoms with E-state index in [4.69, 9.17) is 9.97 Å². The SMILES string of the molecule is CC(C)(C)[C@H](NC(=O)C1CCC(F)(F)CC1)c1nc(-c2ccc(-c3ccc4c(c3)CCc3nc([C@@H](NC(=O)C5CCC(F)(F)CC5)C(C)(C)C)[nH]c3-4)cc2)c[nH]1. The fourth-order valence-corrected chi connectivity index (χ4v) is 8.43. The lowest BCUT2D eigenvalue weighted by atomic mass is 9.83. The van der Waals surface area contributed by atoms with Gasteiger partial charge in [-0.3, -0.25) is 9.59 Å². The number of nitrogens with zero attached hydrogens (tertiary/aromatic N) is 2. The third-order valence-corrected chi connectivity index (χ3v) is 11.9. The molecule has 4 N–H and O–H groups in total. The smallest absolute Gasteiger partial charge is 0.248 e. The predicted molar refractivity (Wildman–Crippen MR) is 209 cm³/mol. The molecule has 4 aromatic rings. The Morgan fingerprint density at radius 1 is 0.696 bits per heavy atom. The molecule has 0 spiro atoms. The Morgan fingerprint density at radius 2 is 1.20 bits per heavy atom. The Morgan fingerprint density at radius 3 is 1.73 bits per heavy atom. The second-order valence-corrected chi connectivity index (χ2v) is 18.4. The first kappa shape index (κ1) is 39.7. The zero-order valence-electron chi connectivity index (χ0n) is 33.2. The van der Waals surface area contributed by atoms with Gasteiger partial charge < -0.3 is 20.6 Å². The third kappa shape index (κ3) is 8.59. The van der Waals surface area contributed by atoms with Crippen LogP contribution in [-0.4, -0.2) is 43.6 Å². The van der Waals surface area contributed by atoms with Crippen LogP contribution in [0.15, 0.2) is 48.7 Å². The summed E-state index contributed by atoms with van der Waals surface area (Å²) in [6.07, 6.45) is 3.07. The molecule has 0 bridgehead atoms. The van der Waals surface area contributed by atoms with Crippen molar-refractivity contribution in [1.29, 1.82) is 0 Å². The number of amides is 2. The summed E-state index contributed by atoms with van der Waals surface area (Å²) >= 11 is 0. The van der Waals surface area contributed by atoms with E-state index in [0.29, 0.717) is 11.6 Å². The Hall–Kier alpha value is -4.48. The molecule has 2 aromatic heterocycles. The number of benzene rings is 2. The highest BCUT2D eigenvalue weighted by molar-refractivity contribution is 5.80. The Bertz CT molecular complexity index is 2050. The lowest BCUT2D eigenvalue weighted by molar-refractivity contribution is -0.131. The Balaban J connectivity index is 1.05. The van der Waals surface area contributed by atoms with Crippen molar-refractivity contribution >= 4 is 11.8 Å². The van der Waals surface area contributed by atoms with Crippen molar-refractivity contribution < 1.29 is 27.2 Å². The van der Waals surface area contributed by atoms with Gasteiger partial charge in [0, 0.05) is 54.8 Å². The number of carbonyl (C=O) groups is 2. The maximum atomic E-state index is 13.8. The van der Waals surface area contributed by atoms with E-state index >= 15 is 0 Å². The maximum Gasteiger partial charge on any atom is 0.248 e. The van der Waals surface area contributed by atoms with E-state index in [1.165, 1.54) is 5.56 Å². The summed E-state index contributed by atoms with van der Waals surface area (Å²) < 4.78 is 55.0. The summed E-state index contributed by atoms with van der Waals surface area (Å²) in [5.74, 6) is -5.33. The topological polar surface area (TPSA) is 116 Å². The van der Waals surface area contributed by atoms with Crippen LogP contribution >= 0.6 is 0 Å². The number of aromatic amines is 2. The number of hydrogen-bond donors (Lipinski definition) is 4.